The molecular formula is C21H22N4O6. The summed E-state index contributed by atoms with van der Waals surface area (Å²) in [5, 5.41) is 15.8. The number of ether oxygens (including phenoxy) is 2. The van der Waals surface area contributed by atoms with Crippen LogP contribution in [0.2, 0.25) is 0 Å². The molecule has 3 heterocycles. The molecule has 31 heavy (non-hydrogen) atoms. The third kappa shape index (κ3) is 2.61. The summed E-state index contributed by atoms with van der Waals surface area (Å²) < 4.78 is 11.0. The highest BCUT2D eigenvalue weighted by Crippen LogP contribution is 2.55. The van der Waals surface area contributed by atoms with Gasteiger partial charge >= 0.3 is 6.09 Å². The Hall–Kier alpha value is -3.37. The van der Waals surface area contributed by atoms with Gasteiger partial charge in [0.1, 0.15) is 12.4 Å². The van der Waals surface area contributed by atoms with Crippen molar-refractivity contribution in [1.29, 1.82) is 0 Å². The van der Waals surface area contributed by atoms with Crippen LogP contribution in [0.25, 0.3) is 0 Å². The van der Waals surface area contributed by atoms with E-state index in [2.05, 4.69) is 10.6 Å². The number of nitrogens with two attached hydrogens (primary N) is 1. The quantitative estimate of drug-likeness (QED) is 0.294. The van der Waals surface area contributed by atoms with Crippen LogP contribution in [0.5, 0.6) is 5.75 Å². The van der Waals surface area contributed by atoms with Gasteiger partial charge in [-0.3, -0.25) is 9.59 Å². The van der Waals surface area contributed by atoms with E-state index in [4.69, 9.17) is 15.2 Å². The molecule has 5 N–H and O–H groups in total. The summed E-state index contributed by atoms with van der Waals surface area (Å²) in [6.07, 6.45) is -0.964. The molecule has 0 aromatic heterocycles. The van der Waals surface area contributed by atoms with Crippen molar-refractivity contribution in [2.75, 3.05) is 25.6 Å². The van der Waals surface area contributed by atoms with Crippen LogP contribution < -0.4 is 16.4 Å². The minimum absolute atomic E-state index is 0.0842. The van der Waals surface area contributed by atoms with Gasteiger partial charge in [-0.25, -0.2) is 4.79 Å². The number of Topliss-reactive ketones (excluding diaryl/α,β-unsaturated/α-hetero) is 2. The number of piperazine rings is 1. The van der Waals surface area contributed by atoms with Crippen LogP contribution in [-0.2, 0) is 19.1 Å². The van der Waals surface area contributed by atoms with Gasteiger partial charge in [0, 0.05) is 36.5 Å². The molecule has 10 heteroatoms. The molecule has 1 aromatic carbocycles. The average Bonchev–Trinajstić information content (AvgIpc) is 3.35. The largest absolute Gasteiger partial charge is 0.508 e. The second-order valence-corrected chi connectivity index (χ2v) is 8.09. The number of allylic oxidation sites excluding steroid dienone is 2. The van der Waals surface area contributed by atoms with E-state index < -0.39 is 17.7 Å². The Morgan fingerprint density at radius 2 is 2.03 bits per heavy atom. The predicted octanol–water partition coefficient (Wildman–Crippen LogP) is 0.208. The number of aromatic hydroxyl groups is 1. The predicted molar refractivity (Wildman–Crippen MR) is 108 cm³/mol. The Kier molecular flexibility index (Phi) is 4.15. The van der Waals surface area contributed by atoms with Crippen LogP contribution in [0.4, 0.5) is 10.5 Å². The van der Waals surface area contributed by atoms with Crippen molar-refractivity contribution in [2.24, 2.45) is 11.7 Å². The lowest BCUT2D eigenvalue weighted by Gasteiger charge is -2.39. The van der Waals surface area contributed by atoms with Crippen molar-refractivity contribution in [3.63, 3.8) is 0 Å². The molecule has 5 rings (SSSR count). The second kappa shape index (κ2) is 6.56. The number of nitrogens with one attached hydrogen (secondary N) is 2. The molecule has 3 aliphatic heterocycles. The number of nitrogens with zero attached hydrogens (tertiary/aromatic N) is 1. The lowest BCUT2D eigenvalue weighted by atomic mass is 9.82. The lowest BCUT2D eigenvalue weighted by molar-refractivity contribution is -0.137. The van der Waals surface area contributed by atoms with Crippen LogP contribution in [0.1, 0.15) is 6.92 Å². The summed E-state index contributed by atoms with van der Waals surface area (Å²) in [4.78, 5) is 40.2. The maximum atomic E-state index is 13.6. The summed E-state index contributed by atoms with van der Waals surface area (Å²) in [6.45, 7) is 1.93. The summed E-state index contributed by atoms with van der Waals surface area (Å²) >= 11 is 0. The van der Waals surface area contributed by atoms with E-state index in [9.17, 15) is 19.5 Å². The lowest BCUT2D eigenvalue weighted by Crippen LogP contribution is -2.55. The molecule has 4 aliphatic rings. The van der Waals surface area contributed by atoms with Gasteiger partial charge in [-0.1, -0.05) is 0 Å². The van der Waals surface area contributed by atoms with Crippen molar-refractivity contribution in [1.82, 2.24) is 10.2 Å². The highest BCUT2D eigenvalue weighted by atomic mass is 16.6. The Bertz CT molecular complexity index is 1080. The maximum Gasteiger partial charge on any atom is 0.404 e. The van der Waals surface area contributed by atoms with Crippen molar-refractivity contribution in [3.05, 3.63) is 46.8 Å². The minimum atomic E-state index is -1.01. The topological polar surface area (TPSA) is 153 Å². The van der Waals surface area contributed by atoms with Gasteiger partial charge in [0.05, 0.1) is 23.4 Å². The molecule has 0 spiro atoms. The highest BCUT2D eigenvalue weighted by Gasteiger charge is 2.72. The van der Waals surface area contributed by atoms with Crippen LogP contribution >= 0.6 is 0 Å². The Morgan fingerprint density at radius 3 is 2.68 bits per heavy atom. The van der Waals surface area contributed by atoms with Gasteiger partial charge in [0.15, 0.2) is 5.72 Å². The molecule has 0 radical (unpaired) electrons. The summed E-state index contributed by atoms with van der Waals surface area (Å²) in [5.41, 5.74) is 5.71. The molecule has 4 atom stereocenters. The third-order valence-electron chi connectivity index (χ3n) is 6.56. The zero-order chi connectivity index (χ0) is 22.1. The molecule has 162 valence electrons. The number of carbonyl (C=O) groups is 3. The highest BCUT2D eigenvalue weighted by molar-refractivity contribution is 6.26. The zero-order valence-electron chi connectivity index (χ0n) is 17.0. The second-order valence-electron chi connectivity index (χ2n) is 8.09. The van der Waals surface area contributed by atoms with E-state index >= 15 is 0 Å². The van der Waals surface area contributed by atoms with Gasteiger partial charge in [-0.05, 0) is 31.2 Å². The van der Waals surface area contributed by atoms with E-state index in [1.54, 1.807) is 19.1 Å². The van der Waals surface area contributed by atoms with Crippen molar-refractivity contribution >= 4 is 23.3 Å². The number of fused-ring (bicyclic) bond motifs is 4. The van der Waals surface area contributed by atoms with Crippen LogP contribution in [-0.4, -0.2) is 65.7 Å². The van der Waals surface area contributed by atoms with Crippen LogP contribution in [0.15, 0.2) is 46.8 Å². The van der Waals surface area contributed by atoms with Gasteiger partial charge in [-0.15, -0.1) is 0 Å². The fourth-order valence-electron chi connectivity index (χ4n) is 5.13. The van der Waals surface area contributed by atoms with Gasteiger partial charge in [-0.2, -0.15) is 0 Å². The smallest absolute Gasteiger partial charge is 0.404 e. The van der Waals surface area contributed by atoms with Crippen molar-refractivity contribution < 1.29 is 29.0 Å². The standard InChI is InChI=1S/C21H22N4O6/c1-9-15(23-10-3-5-11(26)6-4-10)18(28)14-12(8-31-20(22)29)21(30-2)19-13(24-19)7-25(21)16(14)17(9)27/h3-6,12-13,19,23-24,26H,7-8H2,1-2H3,(H2,22,29)/t12-,13+,19+,21-/m1/s1. The fourth-order valence-corrected chi connectivity index (χ4v) is 5.13. The van der Waals surface area contributed by atoms with Crippen LogP contribution in [0.3, 0.4) is 0 Å². The number of primary amides is 1. The Morgan fingerprint density at radius 1 is 1.32 bits per heavy atom. The molecule has 0 unspecified atom stereocenters. The number of anilines is 1. The Labute approximate surface area is 177 Å². The van der Waals surface area contributed by atoms with Crippen molar-refractivity contribution in [2.45, 2.75) is 24.7 Å². The number of benzene rings is 1. The summed E-state index contributed by atoms with van der Waals surface area (Å²) in [5.74, 6) is -1.24. The van der Waals surface area contributed by atoms with E-state index in [1.165, 1.54) is 19.2 Å². The van der Waals surface area contributed by atoms with E-state index in [0.29, 0.717) is 17.9 Å². The average molecular weight is 426 g/mol. The third-order valence-corrected chi connectivity index (χ3v) is 6.56. The molecular weight excluding hydrogens is 404 g/mol. The number of ketones is 2. The van der Waals surface area contributed by atoms with Crippen molar-refractivity contribution in [3.8, 4) is 5.75 Å². The van der Waals surface area contributed by atoms with E-state index in [0.717, 1.165) is 0 Å². The number of carbonyl (C=O) groups excluding carboxylic acids is 3. The SMILES string of the molecule is CO[C@@]12[C@H](COC(N)=O)C3=C(C(=O)C(C)=C(Nc4ccc(O)cc4)C3=O)N1C[C@@H]1N[C@@H]12. The monoisotopic (exact) mass is 426 g/mol. The number of methoxy groups -OCH3 is 1. The maximum absolute atomic E-state index is 13.6. The molecule has 1 aromatic rings. The first kappa shape index (κ1) is 19.6. The first-order valence-corrected chi connectivity index (χ1v) is 9.91. The number of phenols is 1. The molecule has 10 nitrogen and oxygen atoms in total. The molecule has 2 fully saturated rings. The van der Waals surface area contributed by atoms with Gasteiger partial charge < -0.3 is 35.8 Å². The summed E-state index contributed by atoms with van der Waals surface area (Å²) in [6, 6.07) is 6.20. The normalized spacial score (nSPS) is 30.9. The molecule has 1 amide bonds. The van der Waals surface area contributed by atoms with E-state index in [1.807, 2.05) is 4.90 Å². The molecule has 0 bridgehead atoms. The number of hydrogen-bond acceptors (Lipinski definition) is 9. The number of rotatable bonds is 5. The first-order chi connectivity index (χ1) is 14.8. The zero-order valence-corrected chi connectivity index (χ0v) is 17.0. The minimum Gasteiger partial charge on any atom is -0.508 e. The van der Waals surface area contributed by atoms with E-state index in [-0.39, 0.29) is 52.8 Å². The Balaban J connectivity index is 1.56. The number of hydrogen-bond donors (Lipinski definition) is 4. The van der Waals surface area contributed by atoms with Gasteiger partial charge in [0.2, 0.25) is 11.6 Å². The first-order valence-electron chi connectivity index (χ1n) is 9.91. The molecule has 0 saturated carbocycles. The molecule has 1 aliphatic carbocycles. The number of phenolic OH excluding ortho intramolecular Hbond substituents is 1. The van der Waals surface area contributed by atoms with Crippen LogP contribution in [0, 0.1) is 5.92 Å². The number of amides is 1. The molecule has 2 saturated heterocycles. The fraction of sp³-hybridized carbons (Fsp3) is 0.381. The summed E-state index contributed by atoms with van der Waals surface area (Å²) in [7, 11) is 1.52. The van der Waals surface area contributed by atoms with Gasteiger partial charge in [0.25, 0.3) is 0 Å².